The van der Waals surface area contributed by atoms with Crippen LogP contribution in [0.1, 0.15) is 6.23 Å². The van der Waals surface area contributed by atoms with Crippen LogP contribution in [-0.4, -0.2) is 66.4 Å². The number of H-pyrrole nitrogens is 1. The van der Waals surface area contributed by atoms with Crippen molar-refractivity contribution in [3.05, 3.63) is 51.6 Å². The minimum Gasteiger partial charge on any atom is -0.385 e. The van der Waals surface area contributed by atoms with Gasteiger partial charge in [-0.05, 0) is 21.5 Å². The second-order valence-corrected chi connectivity index (χ2v) is 9.86. The summed E-state index contributed by atoms with van der Waals surface area (Å²) in [6.45, 7) is -0.0410. The highest BCUT2D eigenvalue weighted by Gasteiger charge is 2.57. The zero-order chi connectivity index (χ0) is 22.2. The Labute approximate surface area is 190 Å². The summed E-state index contributed by atoms with van der Waals surface area (Å²) in [4.78, 5) is 35.1. The number of aliphatic hydroxyl groups is 1. The van der Waals surface area contributed by atoms with Crippen molar-refractivity contribution in [1.29, 1.82) is 0 Å². The van der Waals surface area contributed by atoms with Crippen molar-refractivity contribution >= 4 is 48.3 Å². The van der Waals surface area contributed by atoms with Gasteiger partial charge in [-0.15, -0.1) is 0 Å². The van der Waals surface area contributed by atoms with Crippen LogP contribution in [0.3, 0.4) is 0 Å². The van der Waals surface area contributed by atoms with E-state index in [9.17, 15) is 14.8 Å². The van der Waals surface area contributed by atoms with E-state index in [1.54, 1.807) is 6.20 Å². The molecule has 32 heavy (non-hydrogen) atoms. The minimum absolute atomic E-state index is 0.0410. The van der Waals surface area contributed by atoms with Gasteiger partial charge in [-0.2, -0.15) is 14.0 Å². The number of rotatable bonds is 2. The number of aromatic amines is 1. The zero-order valence-corrected chi connectivity index (χ0v) is 18.7. The first kappa shape index (κ1) is 20.5. The van der Waals surface area contributed by atoms with E-state index in [0.717, 1.165) is 5.56 Å². The second kappa shape index (κ2) is 7.19. The van der Waals surface area contributed by atoms with Gasteiger partial charge in [-0.3, -0.25) is 9.36 Å². The van der Waals surface area contributed by atoms with Crippen molar-refractivity contribution in [2.45, 2.75) is 24.5 Å². The van der Waals surface area contributed by atoms with Gasteiger partial charge in [0.15, 0.2) is 28.2 Å². The van der Waals surface area contributed by atoms with Crippen molar-refractivity contribution < 1.29 is 23.8 Å². The highest BCUT2D eigenvalue weighted by molar-refractivity contribution is 9.10. The van der Waals surface area contributed by atoms with Crippen LogP contribution < -0.4 is 5.56 Å². The largest absolute Gasteiger partial charge is 0.488 e. The van der Waals surface area contributed by atoms with Gasteiger partial charge in [0.05, 0.1) is 5.69 Å². The summed E-state index contributed by atoms with van der Waals surface area (Å²) in [7, 11) is 2.05. The molecule has 2 fully saturated rings. The van der Waals surface area contributed by atoms with E-state index >= 15 is 0 Å². The van der Waals surface area contributed by atoms with Crippen LogP contribution in [0.15, 0.2) is 46.1 Å². The SMILES string of the molecule is [B][P+]1(O)OC[C@H]2O[C@@H](n3c(Br)nc4c(=O)n5cc(-c6ccccc6)[nH]c5nc43)[C@@H](O)[C@H]2O1. The van der Waals surface area contributed by atoms with Crippen LogP contribution in [0.4, 0.5) is 0 Å². The summed E-state index contributed by atoms with van der Waals surface area (Å²) in [6, 6.07) is 9.53. The lowest BCUT2D eigenvalue weighted by atomic mass is 10.1. The van der Waals surface area contributed by atoms with Crippen LogP contribution in [0, 0.1) is 0 Å². The first-order valence-electron chi connectivity index (χ1n) is 9.63. The number of ether oxygens (including phenoxy) is 1. The van der Waals surface area contributed by atoms with E-state index in [0.29, 0.717) is 11.5 Å². The van der Waals surface area contributed by atoms with E-state index in [1.165, 1.54) is 8.97 Å². The predicted molar refractivity (Wildman–Crippen MR) is 118 cm³/mol. The summed E-state index contributed by atoms with van der Waals surface area (Å²) < 4.78 is 19.5. The standard InChI is InChI=1S/C18H15BBrN5O6P/c19-32(28)29-7-10-13(31-32)12(26)16(30-10)25-14-11(22-17(25)20)15(27)24-6-9(21-18(24)23-14)8-4-2-1-3-5-8/h1-6,10,12-13,16,26,28H,7H2,(H,21,23)/q+1/t10-,12+,13+,16-,32?/m1/s1. The van der Waals surface area contributed by atoms with Gasteiger partial charge in [0, 0.05) is 6.20 Å². The molecule has 5 atom stereocenters. The number of nitrogens with zero attached hydrogens (tertiary/aromatic N) is 4. The predicted octanol–water partition coefficient (Wildman–Crippen LogP) is 1.31. The highest BCUT2D eigenvalue weighted by atomic mass is 79.9. The number of aliphatic hydroxyl groups excluding tert-OH is 1. The Morgan fingerprint density at radius 3 is 2.84 bits per heavy atom. The quantitative estimate of drug-likeness (QED) is 0.205. The lowest BCUT2D eigenvalue weighted by Crippen LogP contribution is -2.40. The summed E-state index contributed by atoms with van der Waals surface area (Å²) >= 11 is 3.34. The van der Waals surface area contributed by atoms with Crippen LogP contribution >= 0.6 is 23.8 Å². The third-order valence-electron chi connectivity index (χ3n) is 5.55. The lowest BCUT2D eigenvalue weighted by Gasteiger charge is -2.27. The number of hydrogen-bond acceptors (Lipinski definition) is 8. The second-order valence-electron chi connectivity index (χ2n) is 7.55. The Morgan fingerprint density at radius 1 is 1.28 bits per heavy atom. The number of aromatic nitrogens is 5. The molecule has 0 saturated carbocycles. The zero-order valence-electron chi connectivity index (χ0n) is 16.2. The molecule has 11 nitrogen and oxygen atoms in total. The molecule has 6 rings (SSSR count). The van der Waals surface area contributed by atoms with Gasteiger partial charge in [0.2, 0.25) is 5.78 Å². The topological polar surface area (TPSA) is 136 Å². The summed E-state index contributed by atoms with van der Waals surface area (Å²) in [5.41, 5.74) is 1.54. The van der Waals surface area contributed by atoms with Crippen molar-refractivity contribution in [3.8, 4) is 11.3 Å². The molecule has 0 bridgehead atoms. The Kier molecular flexibility index (Phi) is 4.60. The van der Waals surface area contributed by atoms with Crippen LogP contribution in [0.2, 0.25) is 0 Å². The van der Waals surface area contributed by atoms with Gasteiger partial charge >= 0.3 is 15.4 Å². The van der Waals surface area contributed by atoms with Crippen LogP contribution in [0.5, 0.6) is 0 Å². The molecular formula is C18H15BBrN5O6P+. The van der Waals surface area contributed by atoms with Gasteiger partial charge in [0.1, 0.15) is 18.8 Å². The van der Waals surface area contributed by atoms with Gasteiger partial charge < -0.3 is 14.8 Å². The Morgan fingerprint density at radius 2 is 2.06 bits per heavy atom. The maximum atomic E-state index is 13.1. The van der Waals surface area contributed by atoms with E-state index in [-0.39, 0.29) is 28.1 Å². The Balaban J connectivity index is 1.47. The first-order chi connectivity index (χ1) is 15.3. The van der Waals surface area contributed by atoms with Crippen molar-refractivity contribution in [3.63, 3.8) is 0 Å². The molecule has 162 valence electrons. The Hall–Kier alpha value is -2.12. The summed E-state index contributed by atoms with van der Waals surface area (Å²) in [6.07, 6.45) is -2.11. The number of fused-ring (bicyclic) bond motifs is 3. The number of hydrogen-bond donors (Lipinski definition) is 3. The summed E-state index contributed by atoms with van der Waals surface area (Å²) in [5.74, 6) is 0.307. The molecule has 0 aliphatic carbocycles. The Bertz CT molecular complexity index is 1410. The normalized spacial score (nSPS) is 30.2. The molecule has 14 heteroatoms. The monoisotopic (exact) mass is 518 g/mol. The van der Waals surface area contributed by atoms with E-state index in [2.05, 4.69) is 30.9 Å². The molecule has 2 saturated heterocycles. The molecule has 1 unspecified atom stereocenters. The van der Waals surface area contributed by atoms with Crippen LogP contribution in [0.25, 0.3) is 28.2 Å². The molecule has 4 aromatic rings. The first-order valence-corrected chi connectivity index (χ1v) is 12.1. The van der Waals surface area contributed by atoms with Gasteiger partial charge in [-0.1, -0.05) is 30.3 Å². The maximum Gasteiger partial charge on any atom is 0.488 e. The molecule has 3 N–H and O–H groups in total. The van der Waals surface area contributed by atoms with Crippen molar-refractivity contribution in [1.82, 2.24) is 23.9 Å². The molecule has 0 spiro atoms. The number of nitrogens with one attached hydrogen (secondary N) is 1. The van der Waals surface area contributed by atoms with Crippen molar-refractivity contribution in [2.24, 2.45) is 0 Å². The van der Waals surface area contributed by atoms with E-state index in [1.807, 2.05) is 30.3 Å². The van der Waals surface area contributed by atoms with E-state index in [4.69, 9.17) is 21.4 Å². The fraction of sp³-hybridized carbons (Fsp3) is 0.278. The molecule has 2 aliphatic rings. The van der Waals surface area contributed by atoms with Crippen molar-refractivity contribution in [2.75, 3.05) is 6.61 Å². The third-order valence-corrected chi connectivity index (χ3v) is 7.18. The minimum atomic E-state index is -3.52. The number of benzene rings is 1. The van der Waals surface area contributed by atoms with Gasteiger partial charge in [0.25, 0.3) is 5.56 Å². The maximum absolute atomic E-state index is 13.1. The fourth-order valence-corrected chi connectivity index (χ4v) is 5.65. The number of imidazole rings is 2. The molecular weight excluding hydrogens is 504 g/mol. The fourth-order valence-electron chi connectivity index (χ4n) is 4.07. The average molecular weight is 519 g/mol. The van der Waals surface area contributed by atoms with Gasteiger partial charge in [-0.25, -0.2) is 14.3 Å². The smallest absolute Gasteiger partial charge is 0.385 e. The lowest BCUT2D eigenvalue weighted by molar-refractivity contribution is -0.0610. The average Bonchev–Trinajstić information content (AvgIpc) is 3.43. The molecule has 5 heterocycles. The molecule has 2 aliphatic heterocycles. The summed E-state index contributed by atoms with van der Waals surface area (Å²) in [5, 5.41) is 10.9. The highest BCUT2D eigenvalue weighted by Crippen LogP contribution is 2.58. The van der Waals surface area contributed by atoms with Crippen LogP contribution in [-0.2, 0) is 13.8 Å². The molecule has 3 aromatic heterocycles. The number of halogens is 1. The molecule has 2 radical (unpaired) electrons. The van der Waals surface area contributed by atoms with E-state index < -0.39 is 32.4 Å². The molecule has 0 amide bonds. The molecule has 1 aromatic carbocycles. The third kappa shape index (κ3) is 3.08.